The maximum atomic E-state index is 12.0. The van der Waals surface area contributed by atoms with Crippen molar-refractivity contribution >= 4 is 56.6 Å². The highest BCUT2D eigenvalue weighted by Crippen LogP contribution is 2.22. The molecule has 2 rings (SSSR count). The number of nitrogens with zero attached hydrogens (tertiary/aromatic N) is 2. The Morgan fingerprint density at radius 1 is 1.24 bits per heavy atom. The van der Waals surface area contributed by atoms with Crippen LogP contribution in [-0.4, -0.2) is 22.4 Å². The van der Waals surface area contributed by atoms with Crippen molar-refractivity contribution in [3.8, 4) is 0 Å². The van der Waals surface area contributed by atoms with Gasteiger partial charge < -0.3 is 5.32 Å². The molecule has 0 aliphatic rings. The maximum Gasteiger partial charge on any atom is 0.255 e. The van der Waals surface area contributed by atoms with Crippen LogP contribution in [0.4, 0.5) is 0 Å². The standard InChI is InChI=1S/C13H9BrCl3N3O/c14-7-5-9(16)10(20-6-7)2-4-19-13(21)11-8(15)1-3-18-12(11)17/h1,3,5-6H,2,4H2,(H,19,21). The van der Waals surface area contributed by atoms with E-state index in [1.807, 2.05) is 0 Å². The third kappa shape index (κ3) is 4.30. The monoisotopic (exact) mass is 407 g/mol. The van der Waals surface area contributed by atoms with Gasteiger partial charge in [-0.2, -0.15) is 0 Å². The summed E-state index contributed by atoms with van der Waals surface area (Å²) in [6, 6.07) is 3.26. The zero-order valence-corrected chi connectivity index (χ0v) is 14.4. The molecule has 0 saturated carbocycles. The molecular formula is C13H9BrCl3N3O. The molecule has 0 saturated heterocycles. The van der Waals surface area contributed by atoms with Crippen LogP contribution in [-0.2, 0) is 6.42 Å². The molecule has 0 aliphatic carbocycles. The minimum atomic E-state index is -0.383. The van der Waals surface area contributed by atoms with Crippen LogP contribution in [0.1, 0.15) is 16.1 Å². The normalized spacial score (nSPS) is 10.5. The summed E-state index contributed by atoms with van der Waals surface area (Å²) in [7, 11) is 0. The summed E-state index contributed by atoms with van der Waals surface area (Å²) in [6.07, 6.45) is 3.58. The number of pyridine rings is 2. The van der Waals surface area contributed by atoms with Crippen molar-refractivity contribution in [2.24, 2.45) is 0 Å². The van der Waals surface area contributed by atoms with E-state index in [0.717, 1.165) is 4.47 Å². The van der Waals surface area contributed by atoms with Crippen molar-refractivity contribution in [3.63, 3.8) is 0 Å². The minimum Gasteiger partial charge on any atom is -0.352 e. The summed E-state index contributed by atoms with van der Waals surface area (Å²) >= 11 is 21.1. The predicted octanol–water partition coefficient (Wildman–Crippen LogP) is 4.17. The van der Waals surface area contributed by atoms with E-state index >= 15 is 0 Å². The molecule has 110 valence electrons. The van der Waals surface area contributed by atoms with E-state index in [1.165, 1.54) is 12.3 Å². The molecule has 0 radical (unpaired) electrons. The highest BCUT2D eigenvalue weighted by molar-refractivity contribution is 9.10. The Kier molecular flexibility index (Phi) is 5.81. The molecule has 0 bridgehead atoms. The third-order valence-electron chi connectivity index (χ3n) is 2.61. The largest absolute Gasteiger partial charge is 0.352 e. The molecule has 0 atom stereocenters. The van der Waals surface area contributed by atoms with Crippen molar-refractivity contribution in [1.29, 1.82) is 0 Å². The van der Waals surface area contributed by atoms with Crippen molar-refractivity contribution in [1.82, 2.24) is 15.3 Å². The molecule has 1 N–H and O–H groups in total. The molecule has 0 fully saturated rings. The van der Waals surface area contributed by atoms with Crippen LogP contribution >= 0.6 is 50.7 Å². The van der Waals surface area contributed by atoms with E-state index in [2.05, 4.69) is 31.2 Å². The number of amides is 1. The molecule has 21 heavy (non-hydrogen) atoms. The summed E-state index contributed by atoms with van der Waals surface area (Å²) in [4.78, 5) is 20.1. The third-order valence-corrected chi connectivity index (χ3v) is 3.97. The lowest BCUT2D eigenvalue weighted by molar-refractivity contribution is 0.0954. The summed E-state index contributed by atoms with van der Waals surface area (Å²) in [5, 5.41) is 3.58. The second-order valence-corrected chi connectivity index (χ2v) is 6.13. The van der Waals surface area contributed by atoms with E-state index in [1.54, 1.807) is 12.3 Å². The molecule has 1 amide bonds. The first-order chi connectivity index (χ1) is 9.99. The van der Waals surface area contributed by atoms with Crippen LogP contribution in [0.5, 0.6) is 0 Å². The number of hydrogen-bond acceptors (Lipinski definition) is 3. The Balaban J connectivity index is 1.99. The molecule has 2 aromatic heterocycles. The molecule has 0 aromatic carbocycles. The van der Waals surface area contributed by atoms with Crippen LogP contribution < -0.4 is 5.32 Å². The number of halogens is 4. The first-order valence-electron chi connectivity index (χ1n) is 5.87. The van der Waals surface area contributed by atoms with E-state index in [0.29, 0.717) is 23.7 Å². The smallest absolute Gasteiger partial charge is 0.255 e. The molecule has 8 heteroatoms. The number of aromatic nitrogens is 2. The van der Waals surface area contributed by atoms with Gasteiger partial charge in [0.1, 0.15) is 5.15 Å². The predicted molar refractivity (Wildman–Crippen MR) is 87.2 cm³/mol. The van der Waals surface area contributed by atoms with E-state index in [4.69, 9.17) is 34.8 Å². The van der Waals surface area contributed by atoms with Gasteiger partial charge in [0.15, 0.2) is 0 Å². The van der Waals surface area contributed by atoms with E-state index in [9.17, 15) is 4.79 Å². The topological polar surface area (TPSA) is 54.9 Å². The number of nitrogens with one attached hydrogen (secondary N) is 1. The van der Waals surface area contributed by atoms with Crippen molar-refractivity contribution in [2.45, 2.75) is 6.42 Å². The Morgan fingerprint density at radius 3 is 2.67 bits per heavy atom. The SMILES string of the molecule is O=C(NCCc1ncc(Br)cc1Cl)c1c(Cl)ccnc1Cl. The van der Waals surface area contributed by atoms with Crippen LogP contribution in [0.25, 0.3) is 0 Å². The zero-order valence-electron chi connectivity index (χ0n) is 10.5. The number of carbonyl (C=O) groups is 1. The maximum absolute atomic E-state index is 12.0. The zero-order chi connectivity index (χ0) is 15.4. The fraction of sp³-hybridized carbons (Fsp3) is 0.154. The van der Waals surface area contributed by atoms with Gasteiger partial charge in [0, 0.05) is 29.8 Å². The van der Waals surface area contributed by atoms with Crippen LogP contribution in [0.3, 0.4) is 0 Å². The molecular weight excluding hydrogens is 400 g/mol. The van der Waals surface area contributed by atoms with E-state index < -0.39 is 0 Å². The summed E-state index contributed by atoms with van der Waals surface area (Å²) in [5.41, 5.74) is 0.860. The number of hydrogen-bond donors (Lipinski definition) is 1. The van der Waals surface area contributed by atoms with Crippen LogP contribution in [0, 0.1) is 0 Å². The van der Waals surface area contributed by atoms with Gasteiger partial charge in [0.2, 0.25) is 0 Å². The first-order valence-corrected chi connectivity index (χ1v) is 7.80. The molecule has 0 unspecified atom stereocenters. The second kappa shape index (κ2) is 7.40. The van der Waals surface area contributed by atoms with Crippen molar-refractivity contribution in [2.75, 3.05) is 6.54 Å². The first kappa shape index (κ1) is 16.5. The Bertz CT molecular complexity index is 661. The number of rotatable bonds is 4. The molecule has 0 aliphatic heterocycles. The molecule has 2 heterocycles. The number of carbonyl (C=O) groups excluding carboxylic acids is 1. The Labute approximate surface area is 145 Å². The minimum absolute atomic E-state index is 0.0693. The summed E-state index contributed by atoms with van der Waals surface area (Å²) in [6.45, 7) is 0.356. The fourth-order valence-corrected chi connectivity index (χ4v) is 2.87. The van der Waals surface area contributed by atoms with Gasteiger partial charge in [-0.25, -0.2) is 4.98 Å². The van der Waals surface area contributed by atoms with Gasteiger partial charge in [-0.1, -0.05) is 34.8 Å². The van der Waals surface area contributed by atoms with Gasteiger partial charge in [-0.05, 0) is 28.1 Å². The lowest BCUT2D eigenvalue weighted by Crippen LogP contribution is -2.26. The molecule has 4 nitrogen and oxygen atoms in total. The van der Waals surface area contributed by atoms with Gasteiger partial charge in [0.25, 0.3) is 5.91 Å². The fourth-order valence-electron chi connectivity index (χ4n) is 1.63. The van der Waals surface area contributed by atoms with Gasteiger partial charge in [-0.3, -0.25) is 9.78 Å². The Morgan fingerprint density at radius 2 is 2.00 bits per heavy atom. The second-order valence-electron chi connectivity index (χ2n) is 4.05. The van der Waals surface area contributed by atoms with Crippen LogP contribution in [0.15, 0.2) is 29.0 Å². The lowest BCUT2D eigenvalue weighted by Gasteiger charge is -2.08. The van der Waals surface area contributed by atoms with Gasteiger partial charge in [0.05, 0.1) is 21.3 Å². The summed E-state index contributed by atoms with van der Waals surface area (Å²) in [5.74, 6) is -0.383. The quantitative estimate of drug-likeness (QED) is 0.771. The van der Waals surface area contributed by atoms with Crippen molar-refractivity contribution < 1.29 is 4.79 Å². The average molecular weight is 409 g/mol. The van der Waals surface area contributed by atoms with Crippen LogP contribution in [0.2, 0.25) is 15.2 Å². The molecule has 2 aromatic rings. The van der Waals surface area contributed by atoms with Crippen molar-refractivity contribution in [3.05, 3.63) is 55.5 Å². The lowest BCUT2D eigenvalue weighted by atomic mass is 10.2. The van der Waals surface area contributed by atoms with E-state index in [-0.39, 0.29) is 21.6 Å². The summed E-state index contributed by atoms with van der Waals surface area (Å²) < 4.78 is 0.800. The highest BCUT2D eigenvalue weighted by Gasteiger charge is 2.15. The van der Waals surface area contributed by atoms with Gasteiger partial charge >= 0.3 is 0 Å². The molecule has 0 spiro atoms. The van der Waals surface area contributed by atoms with Gasteiger partial charge in [-0.15, -0.1) is 0 Å². The average Bonchev–Trinajstić information content (AvgIpc) is 2.41. The highest BCUT2D eigenvalue weighted by atomic mass is 79.9. The Hall–Kier alpha value is -0.880.